The van der Waals surface area contributed by atoms with Crippen LogP contribution in [0.25, 0.3) is 0 Å². The fourth-order valence-corrected chi connectivity index (χ4v) is 21.3. The fourth-order valence-electron chi connectivity index (χ4n) is 21.3. The summed E-state index contributed by atoms with van der Waals surface area (Å²) in [6.07, 6.45) is 36.1. The predicted molar refractivity (Wildman–Crippen MR) is 573 cm³/mol. The van der Waals surface area contributed by atoms with Crippen molar-refractivity contribution in [3.05, 3.63) is 319 Å². The van der Waals surface area contributed by atoms with Gasteiger partial charge in [-0.1, -0.05) is 219 Å². The number of fused-ring (bicyclic) bond motifs is 5. The zero-order valence-electron chi connectivity index (χ0n) is 86.1. The Bertz CT molecular complexity index is 5090. The molecular weight excluding hydrogens is 1680 g/mol. The Morgan fingerprint density at radius 2 is 0.796 bits per heavy atom. The Hall–Kier alpha value is -8.83. The summed E-state index contributed by atoms with van der Waals surface area (Å²) in [6, 6.07) is 67.0. The molecule has 2 saturated heterocycles. The van der Waals surface area contributed by atoms with Gasteiger partial charge in [-0.3, -0.25) is 49.4 Å². The second-order valence-electron chi connectivity index (χ2n) is 40.7. The Balaban J connectivity index is 0.000000146. The summed E-state index contributed by atoms with van der Waals surface area (Å²) < 4.78 is 0. The highest BCUT2D eigenvalue weighted by atomic mass is 15.2. The van der Waals surface area contributed by atoms with Gasteiger partial charge < -0.3 is 41.7 Å². The van der Waals surface area contributed by atoms with Gasteiger partial charge in [0.05, 0.1) is 28.5 Å². The minimum atomic E-state index is 0.353. The van der Waals surface area contributed by atoms with Crippen LogP contribution in [0.5, 0.6) is 0 Å². The maximum absolute atomic E-state index is 4.74. The van der Waals surface area contributed by atoms with E-state index in [2.05, 4.69) is 322 Å². The fraction of sp³-hybridized carbons (Fsp3) is 0.538. The minimum Gasteiger partial charge on any atom is -0.369 e. The van der Waals surface area contributed by atoms with Crippen LogP contribution in [0.3, 0.4) is 0 Å². The van der Waals surface area contributed by atoms with Gasteiger partial charge in [-0.05, 0) is 304 Å². The average molecular weight is 1850 g/mol. The molecule has 0 saturated carbocycles. The van der Waals surface area contributed by atoms with Crippen molar-refractivity contribution in [2.45, 2.75) is 306 Å². The molecule has 0 unspecified atom stereocenters. The number of nitrogens with one attached hydrogen (secondary N) is 6. The lowest BCUT2D eigenvalue weighted by molar-refractivity contribution is 0.176. The first-order valence-electron chi connectivity index (χ1n) is 53.6. The summed E-state index contributed by atoms with van der Waals surface area (Å²) in [4.78, 5) is 41.7. The van der Waals surface area contributed by atoms with E-state index in [4.69, 9.17) is 15.0 Å². The van der Waals surface area contributed by atoms with Gasteiger partial charge in [-0.15, -0.1) is 0 Å². The van der Waals surface area contributed by atoms with E-state index in [0.29, 0.717) is 42.3 Å². The van der Waals surface area contributed by atoms with Gasteiger partial charge in [0, 0.05) is 190 Å². The lowest BCUT2D eigenvalue weighted by atomic mass is 9.93. The van der Waals surface area contributed by atoms with Crippen molar-refractivity contribution in [1.29, 1.82) is 0 Å². The van der Waals surface area contributed by atoms with Crippen LogP contribution >= 0.6 is 0 Å². The number of benzene rings is 5. The smallest absolute Gasteiger partial charge is 0.0601 e. The van der Waals surface area contributed by atoms with Crippen LogP contribution in [0.2, 0.25) is 0 Å². The average Bonchev–Trinajstić information content (AvgIpc) is 0.795. The third-order valence-electron chi connectivity index (χ3n) is 29.5. The topological polar surface area (TPSA) is 159 Å². The van der Waals surface area contributed by atoms with Crippen molar-refractivity contribution >= 4 is 5.69 Å². The van der Waals surface area contributed by atoms with E-state index in [1.54, 1.807) is 5.56 Å². The van der Waals surface area contributed by atoms with E-state index in [9.17, 15) is 0 Å². The summed E-state index contributed by atoms with van der Waals surface area (Å²) in [6.45, 7) is 51.5. The molecule has 0 amide bonds. The maximum Gasteiger partial charge on any atom is 0.0601 e. The molecular formula is C119H172N18. The van der Waals surface area contributed by atoms with Gasteiger partial charge in [0.1, 0.15) is 0 Å². The number of nitrogens with zero attached hydrogens (tertiary/aromatic N) is 12. The van der Waals surface area contributed by atoms with Crippen LogP contribution in [0.15, 0.2) is 207 Å². The van der Waals surface area contributed by atoms with Crippen LogP contribution in [0.1, 0.15) is 268 Å². The highest BCUT2D eigenvalue weighted by molar-refractivity contribution is 5.58. The second kappa shape index (κ2) is 57.8. The number of piperidine rings is 1. The van der Waals surface area contributed by atoms with E-state index in [-0.39, 0.29) is 0 Å². The maximum atomic E-state index is 4.74. The molecule has 10 aromatic rings. The van der Waals surface area contributed by atoms with E-state index < -0.39 is 0 Å². The molecule has 5 aromatic carbocycles. The van der Waals surface area contributed by atoms with E-state index in [0.717, 1.165) is 176 Å². The summed E-state index contributed by atoms with van der Waals surface area (Å²) in [5.41, 5.74) is 28.7. The molecule has 137 heavy (non-hydrogen) atoms. The minimum absolute atomic E-state index is 0.353. The monoisotopic (exact) mass is 1850 g/mol. The molecule has 6 N–H and O–H groups in total. The molecule has 5 aromatic heterocycles. The standard InChI is InChI=1S/C29H44N6.2C23H33N3.2C22H31N3/c1-24-8-6-11-31-28(24)23-34(17-7-16-33-14-3-2-4-15-33)22-26-20-27-25(21-32-26)9-5-10-29(27)35-18-12-30-13-19-35;1-4-5-8-14-26(19(3)23-18(2)10-9-13-24-23)17-22-15-20-11-6-7-12-21(20)16-25-22;1-4-5-8-13-26(19(3)23-12-11-18(2)15-25-23)17-22-14-20-9-6-7-10-21(20)16-24-22;1-3-4-7-12-25(16-21-11-10-18(2)14-23-21)17-22-13-19-8-5-6-9-20(19)15-24-22;1-3-4-7-12-25(16-21-13-18(2)10-11-23-21)17-22-14-19-8-5-6-9-20(19)15-24-22/h5-6,8-11,26,30,32H,2-4,7,12-23H2,1H3;6-7,9-13,19,22,25H,4-5,8,14-17H2,1-3H3;6-7,9-12,15,19,22,24H,4-5,8,13-14,16-17H2,1-3H3;5-6,8-11,14,22,24H,3-4,7,12-13,15-17H2,1-2H3;5-6,8-11,13,22,24H,3-4,7,12,14-17H2,1-2H3/t26-;2*19-,22+;2*22-/m10011/s1. The Morgan fingerprint density at radius 3 is 1.28 bits per heavy atom. The zero-order valence-corrected chi connectivity index (χ0v) is 86.1. The van der Waals surface area contributed by atoms with Gasteiger partial charge in [-0.25, -0.2) is 0 Å². The molecule has 18 nitrogen and oxygen atoms in total. The molecule has 738 valence electrons. The third-order valence-corrected chi connectivity index (χ3v) is 29.5. The number of aryl methyl sites for hydroxylation is 5. The summed E-state index contributed by atoms with van der Waals surface area (Å²) in [7, 11) is 0. The largest absolute Gasteiger partial charge is 0.369 e. The summed E-state index contributed by atoms with van der Waals surface area (Å²) in [5.74, 6) is 0. The van der Waals surface area contributed by atoms with Crippen LogP contribution < -0.4 is 36.8 Å². The molecule has 0 spiro atoms. The van der Waals surface area contributed by atoms with Gasteiger partial charge >= 0.3 is 0 Å². The van der Waals surface area contributed by atoms with Gasteiger partial charge in [0.2, 0.25) is 0 Å². The number of rotatable bonds is 41. The SMILES string of the molecule is CCCCCN(C[C@H]1Cc2ccccc2CN1)[C@@H](C)c1ccc(C)cn1.CCCCCN(C[C@H]1Cc2ccccc2CN1)[C@@H](C)c1ncccc1C.CCCCCN(Cc1cc(C)ccn1)C[C@H]1Cc2ccccc2CN1.CCCCCN(Cc1ccc(C)cn1)C[C@H]1Cc2ccccc2CN1.Cc1cccnc1CN(CCCN1CCCCC1)C[C@H]1Cc2c(cccc2N2CCNCC2)CN1. The Morgan fingerprint density at radius 1 is 0.350 bits per heavy atom. The number of pyridine rings is 5. The molecule has 18 heteroatoms. The zero-order chi connectivity index (χ0) is 95.6. The van der Waals surface area contributed by atoms with Crippen molar-refractivity contribution in [2.75, 3.05) is 116 Å². The highest BCUT2D eigenvalue weighted by Crippen LogP contribution is 2.32. The highest BCUT2D eigenvalue weighted by Gasteiger charge is 2.31. The van der Waals surface area contributed by atoms with Crippen molar-refractivity contribution in [2.24, 2.45) is 0 Å². The van der Waals surface area contributed by atoms with Crippen molar-refractivity contribution in [1.82, 2.24) is 86.2 Å². The molecule has 7 aliphatic rings. The number of hydrogen-bond donors (Lipinski definition) is 6. The third kappa shape index (κ3) is 34.5. The molecule has 7 atom stereocenters. The lowest BCUT2D eigenvalue weighted by Crippen LogP contribution is -2.47. The Labute approximate surface area is 827 Å². The van der Waals surface area contributed by atoms with Crippen molar-refractivity contribution < 1.29 is 0 Å². The van der Waals surface area contributed by atoms with E-state index in [1.165, 1.54) is 234 Å². The van der Waals surface area contributed by atoms with Crippen LogP contribution in [-0.2, 0) is 84.5 Å². The van der Waals surface area contributed by atoms with Gasteiger partial charge in [0.25, 0.3) is 0 Å². The first-order valence-corrected chi connectivity index (χ1v) is 53.6. The molecule has 12 heterocycles. The first-order chi connectivity index (χ1) is 67.1. The summed E-state index contributed by atoms with van der Waals surface area (Å²) >= 11 is 0. The number of piperazine rings is 1. The number of anilines is 1. The molecule has 0 radical (unpaired) electrons. The predicted octanol–water partition coefficient (Wildman–Crippen LogP) is 20.7. The molecule has 0 aliphatic carbocycles. The molecule has 0 bridgehead atoms. The summed E-state index contributed by atoms with van der Waals surface area (Å²) in [5, 5.41) is 22.3. The second-order valence-corrected chi connectivity index (χ2v) is 40.7. The lowest BCUT2D eigenvalue weighted by Gasteiger charge is -2.36. The number of unbranched alkanes of at least 4 members (excludes halogenated alkanes) is 8. The molecule has 2 fully saturated rings. The van der Waals surface area contributed by atoms with Crippen LogP contribution in [0, 0.1) is 34.6 Å². The van der Waals surface area contributed by atoms with Crippen LogP contribution in [-0.4, -0.2) is 196 Å². The van der Waals surface area contributed by atoms with Crippen LogP contribution in [0.4, 0.5) is 5.69 Å². The van der Waals surface area contributed by atoms with E-state index >= 15 is 0 Å². The van der Waals surface area contributed by atoms with E-state index in [1.807, 2.05) is 37.1 Å². The number of likely N-dealkylation sites (tertiary alicyclic amines) is 1. The number of hydrogen-bond acceptors (Lipinski definition) is 18. The quantitative estimate of drug-likeness (QED) is 0.0201. The first kappa shape index (κ1) is 105. The van der Waals surface area contributed by atoms with Crippen molar-refractivity contribution in [3.63, 3.8) is 0 Å². The normalized spacial score (nSPS) is 18.4. The molecule has 7 aliphatic heterocycles. The van der Waals surface area contributed by atoms with Crippen molar-refractivity contribution in [3.8, 4) is 0 Å². The number of aromatic nitrogens is 5. The molecule has 17 rings (SSSR count). The Kier molecular flexibility index (Phi) is 44.5. The van der Waals surface area contributed by atoms with Gasteiger partial charge in [-0.2, -0.15) is 0 Å². The van der Waals surface area contributed by atoms with Gasteiger partial charge in [0.15, 0.2) is 0 Å².